The molecule has 1 aliphatic rings. The second-order valence-electron chi connectivity index (χ2n) is 4.29. The van der Waals surface area contributed by atoms with Crippen LogP contribution in [0.2, 0.25) is 0 Å². The van der Waals surface area contributed by atoms with E-state index in [9.17, 15) is 4.79 Å². The molecule has 3 rings (SSSR count). The van der Waals surface area contributed by atoms with Crippen molar-refractivity contribution in [1.29, 1.82) is 0 Å². The van der Waals surface area contributed by atoms with Gasteiger partial charge in [0.25, 0.3) is 0 Å². The first-order valence-corrected chi connectivity index (χ1v) is 6.71. The van der Waals surface area contributed by atoms with Crippen molar-refractivity contribution in [3.05, 3.63) is 70.2 Å². The Labute approximate surface area is 119 Å². The molecule has 0 spiro atoms. The van der Waals surface area contributed by atoms with Gasteiger partial charge < -0.3 is 9.47 Å². The molecular formula is C15H11BrO3. The van der Waals surface area contributed by atoms with E-state index in [4.69, 9.17) is 9.47 Å². The van der Waals surface area contributed by atoms with Crippen LogP contribution < -0.4 is 0 Å². The summed E-state index contributed by atoms with van der Waals surface area (Å²) in [4.78, 5) is 11.4. The molecule has 19 heavy (non-hydrogen) atoms. The van der Waals surface area contributed by atoms with Gasteiger partial charge in [-0.05, 0) is 23.3 Å². The number of hydrogen-bond donors (Lipinski definition) is 0. The molecule has 0 aliphatic carbocycles. The van der Waals surface area contributed by atoms with Crippen molar-refractivity contribution >= 4 is 22.1 Å². The Morgan fingerprint density at radius 3 is 2.16 bits per heavy atom. The van der Waals surface area contributed by atoms with Crippen LogP contribution in [0.15, 0.2) is 59.1 Å². The highest BCUT2D eigenvalue weighted by Crippen LogP contribution is 2.41. The summed E-state index contributed by atoms with van der Waals surface area (Å²) in [5, 5.41) is 0. The quantitative estimate of drug-likeness (QED) is 0.770. The number of hydrogen-bond acceptors (Lipinski definition) is 3. The van der Waals surface area contributed by atoms with E-state index in [1.165, 1.54) is 0 Å². The van der Waals surface area contributed by atoms with E-state index in [1.807, 2.05) is 54.6 Å². The minimum atomic E-state index is -0.626. The third-order valence-electron chi connectivity index (χ3n) is 3.03. The Balaban J connectivity index is 1.97. The van der Waals surface area contributed by atoms with Crippen molar-refractivity contribution in [3.8, 4) is 0 Å². The average molecular weight is 319 g/mol. The van der Waals surface area contributed by atoms with Crippen LogP contribution in [0.3, 0.4) is 0 Å². The van der Waals surface area contributed by atoms with E-state index in [-0.39, 0.29) is 0 Å². The molecule has 3 nitrogen and oxygen atoms in total. The Hall–Kier alpha value is -1.81. The summed E-state index contributed by atoms with van der Waals surface area (Å²) in [6.45, 7) is 0. The minimum absolute atomic E-state index is 0.400. The van der Waals surface area contributed by atoms with Crippen molar-refractivity contribution in [2.45, 2.75) is 12.2 Å². The summed E-state index contributed by atoms with van der Waals surface area (Å²) in [7, 11) is 0. The van der Waals surface area contributed by atoms with E-state index < -0.39 is 18.4 Å². The molecule has 0 unspecified atom stereocenters. The van der Waals surface area contributed by atoms with Gasteiger partial charge in [0.2, 0.25) is 0 Å². The van der Waals surface area contributed by atoms with Crippen LogP contribution in [0.4, 0.5) is 4.79 Å². The number of rotatable bonds is 2. The molecule has 0 aromatic heterocycles. The van der Waals surface area contributed by atoms with Gasteiger partial charge in [-0.3, -0.25) is 0 Å². The standard InChI is InChI=1S/C15H11BrO3/c16-12-8-4-7-11(9-12)14-13(18-15(17)19-14)10-5-2-1-3-6-10/h1-9,13-14H/t13-,14-/m1/s1. The van der Waals surface area contributed by atoms with E-state index in [0.717, 1.165) is 15.6 Å². The lowest BCUT2D eigenvalue weighted by Gasteiger charge is -2.16. The van der Waals surface area contributed by atoms with Gasteiger partial charge in [0.1, 0.15) is 0 Å². The van der Waals surface area contributed by atoms with E-state index in [0.29, 0.717) is 0 Å². The first-order valence-electron chi connectivity index (χ1n) is 5.92. The van der Waals surface area contributed by atoms with Gasteiger partial charge in [-0.2, -0.15) is 0 Å². The number of benzene rings is 2. The second kappa shape index (κ2) is 5.05. The molecule has 0 N–H and O–H groups in total. The van der Waals surface area contributed by atoms with Crippen LogP contribution in [-0.2, 0) is 9.47 Å². The molecule has 1 fully saturated rings. The van der Waals surface area contributed by atoms with Gasteiger partial charge in [-0.25, -0.2) is 4.79 Å². The van der Waals surface area contributed by atoms with Crippen LogP contribution in [0.25, 0.3) is 0 Å². The molecule has 2 atom stereocenters. The smallest absolute Gasteiger partial charge is 0.422 e. The molecule has 2 aromatic rings. The summed E-state index contributed by atoms with van der Waals surface area (Å²) in [6.07, 6.45) is -1.44. The van der Waals surface area contributed by atoms with E-state index in [2.05, 4.69) is 15.9 Å². The van der Waals surface area contributed by atoms with Gasteiger partial charge in [-0.15, -0.1) is 0 Å². The fourth-order valence-electron chi connectivity index (χ4n) is 2.17. The topological polar surface area (TPSA) is 35.5 Å². The third kappa shape index (κ3) is 2.49. The number of carbonyl (C=O) groups excluding carboxylic acids is 1. The number of carbonyl (C=O) groups is 1. The summed E-state index contributed by atoms with van der Waals surface area (Å²) < 4.78 is 11.5. The number of cyclic esters (lactones) is 2. The second-order valence-corrected chi connectivity index (χ2v) is 5.21. The summed E-state index contributed by atoms with van der Waals surface area (Å²) in [5.74, 6) is 0. The Morgan fingerprint density at radius 2 is 1.47 bits per heavy atom. The van der Waals surface area contributed by atoms with Crippen molar-refractivity contribution in [2.24, 2.45) is 0 Å². The molecule has 2 aromatic carbocycles. The third-order valence-corrected chi connectivity index (χ3v) is 3.52. The largest absolute Gasteiger partial charge is 0.509 e. The lowest BCUT2D eigenvalue weighted by atomic mass is 9.98. The highest BCUT2D eigenvalue weighted by Gasteiger charge is 2.38. The summed E-state index contributed by atoms with van der Waals surface area (Å²) >= 11 is 3.42. The lowest BCUT2D eigenvalue weighted by molar-refractivity contribution is 0.116. The monoisotopic (exact) mass is 318 g/mol. The minimum Gasteiger partial charge on any atom is -0.422 e. The van der Waals surface area contributed by atoms with Crippen LogP contribution in [0.5, 0.6) is 0 Å². The SMILES string of the molecule is O=C1O[C@H](c2ccccc2)[C@@H](c2cccc(Br)c2)O1. The molecule has 4 heteroatoms. The number of ether oxygens (including phenoxy) is 2. The molecule has 1 heterocycles. The van der Waals surface area contributed by atoms with Gasteiger partial charge in [0.05, 0.1) is 0 Å². The predicted octanol–water partition coefficient (Wildman–Crippen LogP) is 4.40. The van der Waals surface area contributed by atoms with Crippen LogP contribution in [-0.4, -0.2) is 6.16 Å². The Bertz CT molecular complexity index is 597. The molecule has 0 amide bonds. The molecule has 96 valence electrons. The maximum Gasteiger partial charge on any atom is 0.509 e. The molecule has 1 aliphatic heterocycles. The van der Waals surface area contributed by atoms with Crippen molar-refractivity contribution in [3.63, 3.8) is 0 Å². The predicted molar refractivity (Wildman–Crippen MR) is 73.6 cm³/mol. The van der Waals surface area contributed by atoms with Crippen LogP contribution in [0.1, 0.15) is 23.3 Å². The summed E-state index contributed by atoms with van der Waals surface area (Å²) in [5.41, 5.74) is 1.84. The van der Waals surface area contributed by atoms with Crippen molar-refractivity contribution in [1.82, 2.24) is 0 Å². The molecule has 1 saturated heterocycles. The maximum atomic E-state index is 11.4. The van der Waals surface area contributed by atoms with Gasteiger partial charge >= 0.3 is 6.16 Å². The van der Waals surface area contributed by atoms with Crippen LogP contribution >= 0.6 is 15.9 Å². The van der Waals surface area contributed by atoms with Crippen molar-refractivity contribution < 1.29 is 14.3 Å². The highest BCUT2D eigenvalue weighted by atomic mass is 79.9. The zero-order valence-corrected chi connectivity index (χ0v) is 11.5. The molecule has 0 saturated carbocycles. The lowest BCUT2D eigenvalue weighted by Crippen LogP contribution is -2.07. The molecule has 0 bridgehead atoms. The summed E-state index contributed by atoms with van der Waals surface area (Å²) in [6, 6.07) is 17.3. The highest BCUT2D eigenvalue weighted by molar-refractivity contribution is 9.10. The fourth-order valence-corrected chi connectivity index (χ4v) is 2.59. The zero-order chi connectivity index (χ0) is 13.2. The Kier molecular flexibility index (Phi) is 3.25. The maximum absolute atomic E-state index is 11.4. The van der Waals surface area contributed by atoms with Crippen LogP contribution in [0, 0.1) is 0 Å². The molecular weight excluding hydrogens is 308 g/mol. The number of halogens is 1. The van der Waals surface area contributed by atoms with Gasteiger partial charge in [0.15, 0.2) is 12.2 Å². The van der Waals surface area contributed by atoms with Crippen molar-refractivity contribution in [2.75, 3.05) is 0 Å². The fraction of sp³-hybridized carbons (Fsp3) is 0.133. The van der Waals surface area contributed by atoms with E-state index in [1.54, 1.807) is 0 Å². The first kappa shape index (κ1) is 12.2. The van der Waals surface area contributed by atoms with Gasteiger partial charge in [-0.1, -0.05) is 58.4 Å². The van der Waals surface area contributed by atoms with E-state index >= 15 is 0 Å². The zero-order valence-electron chi connectivity index (χ0n) is 9.95. The van der Waals surface area contributed by atoms with Gasteiger partial charge in [0, 0.05) is 4.47 Å². The molecule has 0 radical (unpaired) electrons. The Morgan fingerprint density at radius 1 is 0.842 bits per heavy atom. The average Bonchev–Trinajstić information content (AvgIpc) is 2.82. The first-order chi connectivity index (χ1) is 9.24. The normalized spacial score (nSPS) is 21.8.